The lowest BCUT2D eigenvalue weighted by atomic mass is 9.99. The Balaban J connectivity index is 1.80. The van der Waals surface area contributed by atoms with Gasteiger partial charge in [0.25, 0.3) is 0 Å². The van der Waals surface area contributed by atoms with Gasteiger partial charge in [0.1, 0.15) is 0 Å². The van der Waals surface area contributed by atoms with Gasteiger partial charge in [0, 0.05) is 9.75 Å². The smallest absolute Gasteiger partial charge is 0.164 e. The van der Waals surface area contributed by atoms with Crippen LogP contribution < -0.4 is 5.32 Å². The molecule has 106 valence electrons. The Bertz CT molecular complexity index is 599. The Hall–Kier alpha value is -1.06. The monoisotopic (exact) mass is 309 g/mol. The molecule has 0 saturated carbocycles. The summed E-state index contributed by atoms with van der Waals surface area (Å²) in [7, 11) is 0. The molecule has 1 aliphatic carbocycles. The first-order valence-electron chi connectivity index (χ1n) is 6.97. The summed E-state index contributed by atoms with van der Waals surface area (Å²) in [4.78, 5) is 2.78. The summed E-state index contributed by atoms with van der Waals surface area (Å²) in [5.41, 5.74) is 1.95. The summed E-state index contributed by atoms with van der Waals surface area (Å²) in [6.07, 6.45) is 4.95. The molecule has 1 heterocycles. The van der Waals surface area contributed by atoms with Crippen molar-refractivity contribution in [1.29, 1.82) is 0 Å². The van der Waals surface area contributed by atoms with Crippen molar-refractivity contribution in [1.82, 2.24) is 0 Å². The fraction of sp³-hybridized carbons (Fsp3) is 0.375. The molecule has 0 radical (unpaired) electrons. The van der Waals surface area contributed by atoms with Gasteiger partial charge in [-0.15, -0.1) is 11.3 Å². The summed E-state index contributed by atoms with van der Waals surface area (Å²) in [6.45, 7) is 2.07. The first-order valence-corrected chi connectivity index (χ1v) is 8.16. The second kappa shape index (κ2) is 5.74. The molecule has 0 fully saturated rings. The predicted octanol–water partition coefficient (Wildman–Crippen LogP) is 5.59. The van der Waals surface area contributed by atoms with Crippen molar-refractivity contribution in [3.05, 3.63) is 50.4 Å². The number of hydrogen-bond donors (Lipinski definition) is 1. The van der Waals surface area contributed by atoms with E-state index in [-0.39, 0.29) is 16.9 Å². The van der Waals surface area contributed by atoms with E-state index < -0.39 is 0 Å². The highest BCUT2D eigenvalue weighted by Crippen LogP contribution is 2.34. The van der Waals surface area contributed by atoms with Crippen molar-refractivity contribution in [3.8, 4) is 0 Å². The number of hydrogen-bond acceptors (Lipinski definition) is 2. The summed E-state index contributed by atoms with van der Waals surface area (Å²) in [5, 5.41) is 3.39. The maximum absolute atomic E-state index is 13.9. The van der Waals surface area contributed by atoms with Gasteiger partial charge in [-0.1, -0.05) is 17.7 Å². The van der Waals surface area contributed by atoms with E-state index in [0.29, 0.717) is 5.69 Å². The van der Waals surface area contributed by atoms with Crippen LogP contribution in [0.5, 0.6) is 0 Å². The van der Waals surface area contributed by atoms with Crippen LogP contribution in [0.1, 0.15) is 41.1 Å². The summed E-state index contributed by atoms with van der Waals surface area (Å²) < 4.78 is 13.9. The molecule has 1 aromatic heterocycles. The van der Waals surface area contributed by atoms with E-state index in [1.807, 2.05) is 11.3 Å². The second-order valence-electron chi connectivity index (χ2n) is 5.27. The highest BCUT2D eigenvalue weighted by atomic mass is 35.5. The molecule has 1 aromatic carbocycles. The molecular weight excluding hydrogens is 293 g/mol. The summed E-state index contributed by atoms with van der Waals surface area (Å²) in [6, 6.07) is 7.43. The molecule has 3 rings (SSSR count). The molecule has 1 aliphatic rings. The molecule has 1 unspecified atom stereocenters. The molecular formula is C16H17ClFNS. The van der Waals surface area contributed by atoms with Gasteiger partial charge in [-0.05, 0) is 56.4 Å². The molecule has 0 bridgehead atoms. The molecule has 0 amide bonds. The van der Waals surface area contributed by atoms with E-state index in [2.05, 4.69) is 18.3 Å². The van der Waals surface area contributed by atoms with Crippen molar-refractivity contribution < 1.29 is 4.39 Å². The minimum Gasteiger partial charge on any atom is -0.375 e. The zero-order valence-electron chi connectivity index (χ0n) is 11.4. The van der Waals surface area contributed by atoms with Crippen LogP contribution in [-0.4, -0.2) is 0 Å². The van der Waals surface area contributed by atoms with Gasteiger partial charge < -0.3 is 5.32 Å². The first kappa shape index (κ1) is 13.9. The molecule has 1 nitrogen and oxygen atoms in total. The van der Waals surface area contributed by atoms with Gasteiger partial charge in [-0.3, -0.25) is 0 Å². The van der Waals surface area contributed by atoms with E-state index >= 15 is 0 Å². The SMILES string of the molecule is CC(Nc1cccc(Cl)c1F)c1cc2c(s1)CCCC2. The standard InChI is InChI=1S/C16H17ClFNS/c1-10(19-13-7-4-6-12(17)16(13)18)15-9-11-5-2-3-8-14(11)20-15/h4,6-7,9-10,19H,2-3,5,8H2,1H3. The maximum atomic E-state index is 13.9. The molecule has 4 heteroatoms. The molecule has 2 aromatic rings. The van der Waals surface area contributed by atoms with Crippen LogP contribution in [-0.2, 0) is 12.8 Å². The number of thiophene rings is 1. The van der Waals surface area contributed by atoms with Crippen molar-refractivity contribution in [3.63, 3.8) is 0 Å². The zero-order chi connectivity index (χ0) is 14.1. The fourth-order valence-electron chi connectivity index (χ4n) is 2.65. The van der Waals surface area contributed by atoms with Gasteiger partial charge in [-0.2, -0.15) is 0 Å². The third kappa shape index (κ3) is 2.70. The minimum atomic E-state index is -0.373. The Morgan fingerprint density at radius 3 is 2.90 bits per heavy atom. The van der Waals surface area contributed by atoms with Gasteiger partial charge >= 0.3 is 0 Å². The third-order valence-electron chi connectivity index (χ3n) is 3.77. The highest BCUT2D eigenvalue weighted by Gasteiger charge is 2.17. The van der Waals surface area contributed by atoms with Crippen LogP contribution in [0, 0.1) is 5.82 Å². The number of fused-ring (bicyclic) bond motifs is 1. The van der Waals surface area contributed by atoms with Crippen LogP contribution in [0.2, 0.25) is 5.02 Å². The van der Waals surface area contributed by atoms with Crippen LogP contribution in [0.3, 0.4) is 0 Å². The van der Waals surface area contributed by atoms with Gasteiger partial charge in [0.05, 0.1) is 16.8 Å². The second-order valence-corrected chi connectivity index (χ2v) is 6.85. The van der Waals surface area contributed by atoms with E-state index in [4.69, 9.17) is 11.6 Å². The average molecular weight is 310 g/mol. The van der Waals surface area contributed by atoms with Crippen molar-refractivity contribution >= 4 is 28.6 Å². The number of aryl methyl sites for hydroxylation is 2. The molecule has 0 saturated heterocycles. The topological polar surface area (TPSA) is 12.0 Å². The van der Waals surface area contributed by atoms with Gasteiger partial charge in [0.15, 0.2) is 5.82 Å². The number of anilines is 1. The Labute approximate surface area is 127 Å². The maximum Gasteiger partial charge on any atom is 0.164 e. The van der Waals surface area contributed by atoms with Crippen LogP contribution in [0.4, 0.5) is 10.1 Å². The lowest BCUT2D eigenvalue weighted by molar-refractivity contribution is 0.628. The highest BCUT2D eigenvalue weighted by molar-refractivity contribution is 7.12. The average Bonchev–Trinajstić information content (AvgIpc) is 2.88. The van der Waals surface area contributed by atoms with Crippen molar-refractivity contribution in [2.75, 3.05) is 5.32 Å². The number of nitrogens with one attached hydrogen (secondary N) is 1. The molecule has 20 heavy (non-hydrogen) atoms. The first-order chi connectivity index (χ1) is 9.65. The van der Waals surface area contributed by atoms with Gasteiger partial charge in [0.2, 0.25) is 0 Å². The molecule has 0 aliphatic heterocycles. The quantitative estimate of drug-likeness (QED) is 0.779. The van der Waals surface area contributed by atoms with Crippen molar-refractivity contribution in [2.45, 2.75) is 38.6 Å². The minimum absolute atomic E-state index is 0.0959. The van der Waals surface area contributed by atoms with Crippen molar-refractivity contribution in [2.24, 2.45) is 0 Å². The lowest BCUT2D eigenvalue weighted by Gasteiger charge is -2.14. The largest absolute Gasteiger partial charge is 0.375 e. The summed E-state index contributed by atoms with van der Waals surface area (Å²) in [5.74, 6) is -0.373. The predicted molar refractivity (Wildman–Crippen MR) is 84.4 cm³/mol. The number of halogens is 2. The fourth-order valence-corrected chi connectivity index (χ4v) is 4.08. The molecule has 1 N–H and O–H groups in total. The van der Waals surface area contributed by atoms with Crippen LogP contribution in [0.15, 0.2) is 24.3 Å². The van der Waals surface area contributed by atoms with E-state index in [0.717, 1.165) is 0 Å². The van der Waals surface area contributed by atoms with E-state index in [1.54, 1.807) is 18.2 Å². The Morgan fingerprint density at radius 2 is 2.10 bits per heavy atom. The van der Waals surface area contributed by atoms with Gasteiger partial charge in [-0.25, -0.2) is 4.39 Å². The van der Waals surface area contributed by atoms with E-state index in [1.165, 1.54) is 41.0 Å². The lowest BCUT2D eigenvalue weighted by Crippen LogP contribution is -2.06. The van der Waals surface area contributed by atoms with Crippen LogP contribution >= 0.6 is 22.9 Å². The molecule has 1 atom stereocenters. The summed E-state index contributed by atoms with van der Waals surface area (Å²) >= 11 is 7.67. The Kier molecular flexibility index (Phi) is 3.99. The molecule has 0 spiro atoms. The number of benzene rings is 1. The number of rotatable bonds is 3. The Morgan fingerprint density at radius 1 is 1.30 bits per heavy atom. The van der Waals surface area contributed by atoms with Crippen LogP contribution in [0.25, 0.3) is 0 Å². The zero-order valence-corrected chi connectivity index (χ0v) is 13.0. The normalized spacial score (nSPS) is 15.8. The third-order valence-corrected chi connectivity index (χ3v) is 5.48. The van der Waals surface area contributed by atoms with E-state index in [9.17, 15) is 4.39 Å².